The number of benzene rings is 2. The van der Waals surface area contributed by atoms with E-state index in [2.05, 4.69) is 31.0 Å². The molecule has 0 spiro atoms. The highest BCUT2D eigenvalue weighted by molar-refractivity contribution is 9.10. The molecule has 0 radical (unpaired) electrons. The van der Waals surface area contributed by atoms with E-state index in [0.717, 1.165) is 22.5 Å². The highest BCUT2D eigenvalue weighted by atomic mass is 79.9. The highest BCUT2D eigenvalue weighted by Crippen LogP contribution is 2.47. The van der Waals surface area contributed by atoms with Crippen molar-refractivity contribution in [2.24, 2.45) is 0 Å². The first-order valence-electron chi connectivity index (χ1n) is 13.4. The number of fused-ring (bicyclic) bond motifs is 1. The summed E-state index contributed by atoms with van der Waals surface area (Å²) in [4.78, 5) is 31.3. The standard InChI is InChI=1S/C31H29BrN4O5S/c1-4-26-34-19(3)29(31(38)33-5-2)36(26)17-24-21-15-16-41-18-25(21)28(32)27(24)22-13-9-10-14-23(22)30(37)35-42(39,40)20-11-7-6-8-12-20/h6-16,18H,4-5,17H2,1-3H3,(H,33,38)(H,35,37). The highest BCUT2D eigenvalue weighted by Gasteiger charge is 2.29. The van der Waals surface area contributed by atoms with Crippen LogP contribution in [0.2, 0.25) is 0 Å². The fraction of sp³-hybridized carbons (Fsp3) is 0.194. The molecule has 1 aliphatic heterocycles. The van der Waals surface area contributed by atoms with Crippen LogP contribution in [0.25, 0.3) is 22.3 Å². The number of imidazole rings is 1. The van der Waals surface area contributed by atoms with E-state index in [1.807, 2.05) is 31.4 Å². The molecule has 3 aromatic rings. The van der Waals surface area contributed by atoms with Crippen LogP contribution in [-0.2, 0) is 23.0 Å². The lowest BCUT2D eigenvalue weighted by Gasteiger charge is -2.16. The van der Waals surface area contributed by atoms with E-state index in [1.165, 1.54) is 12.1 Å². The molecule has 2 aromatic carbocycles. The minimum Gasteiger partial charge on any atom is -0.472 e. The van der Waals surface area contributed by atoms with Crippen molar-refractivity contribution in [2.45, 2.75) is 38.6 Å². The zero-order chi connectivity index (χ0) is 30.0. The molecule has 0 saturated carbocycles. The van der Waals surface area contributed by atoms with Gasteiger partial charge < -0.3 is 14.3 Å². The summed E-state index contributed by atoms with van der Waals surface area (Å²) in [7, 11) is -4.11. The van der Waals surface area contributed by atoms with Gasteiger partial charge in [0.25, 0.3) is 21.8 Å². The van der Waals surface area contributed by atoms with Gasteiger partial charge in [0.05, 0.1) is 29.7 Å². The number of carbonyl (C=O) groups excluding carboxylic acids is 2. The molecule has 0 unspecified atom stereocenters. The lowest BCUT2D eigenvalue weighted by Crippen LogP contribution is -2.31. The first-order valence-corrected chi connectivity index (χ1v) is 15.7. The molecule has 42 heavy (non-hydrogen) atoms. The Kier molecular flexibility index (Phi) is 8.33. The second-order valence-corrected chi connectivity index (χ2v) is 12.1. The van der Waals surface area contributed by atoms with Crippen LogP contribution < -0.4 is 10.0 Å². The van der Waals surface area contributed by atoms with Gasteiger partial charge in [0, 0.05) is 34.1 Å². The van der Waals surface area contributed by atoms with Gasteiger partial charge in [0.1, 0.15) is 11.5 Å². The molecule has 216 valence electrons. The molecule has 2 heterocycles. The SMILES string of the molecule is CCNC(=O)c1c(C)nc(CC)n1Cc1c2ccocc-2c(Br)c1-c1ccccc1C(=O)NS(=O)(=O)c1ccccc1. The van der Waals surface area contributed by atoms with E-state index >= 15 is 0 Å². The van der Waals surface area contributed by atoms with Crippen molar-refractivity contribution in [1.82, 2.24) is 19.6 Å². The minimum atomic E-state index is -4.11. The van der Waals surface area contributed by atoms with E-state index in [1.54, 1.807) is 55.0 Å². The summed E-state index contributed by atoms with van der Waals surface area (Å²) in [6.07, 6.45) is 3.78. The number of halogens is 1. The van der Waals surface area contributed by atoms with Gasteiger partial charge in [-0.1, -0.05) is 43.3 Å². The zero-order valence-electron chi connectivity index (χ0n) is 23.3. The third-order valence-electron chi connectivity index (χ3n) is 7.00. The van der Waals surface area contributed by atoms with E-state index in [-0.39, 0.29) is 22.9 Å². The Balaban J connectivity index is 1.67. The Morgan fingerprint density at radius 2 is 1.67 bits per heavy atom. The van der Waals surface area contributed by atoms with Crippen LogP contribution >= 0.6 is 15.9 Å². The molecule has 1 aromatic heterocycles. The van der Waals surface area contributed by atoms with Gasteiger partial charge in [-0.2, -0.15) is 0 Å². The predicted molar refractivity (Wildman–Crippen MR) is 163 cm³/mol. The van der Waals surface area contributed by atoms with Gasteiger partial charge in [-0.25, -0.2) is 18.1 Å². The van der Waals surface area contributed by atoms with Gasteiger partial charge in [0.15, 0.2) is 0 Å². The maximum atomic E-state index is 13.6. The molecule has 11 heteroatoms. The smallest absolute Gasteiger partial charge is 0.269 e. The topological polar surface area (TPSA) is 123 Å². The molecule has 0 saturated heterocycles. The van der Waals surface area contributed by atoms with Gasteiger partial charge in [-0.05, 0) is 70.7 Å². The van der Waals surface area contributed by atoms with E-state index < -0.39 is 15.9 Å². The number of nitrogens with one attached hydrogen (secondary N) is 2. The van der Waals surface area contributed by atoms with Crippen LogP contribution in [0.4, 0.5) is 0 Å². The molecule has 2 amide bonds. The maximum Gasteiger partial charge on any atom is 0.269 e. The van der Waals surface area contributed by atoms with Crippen LogP contribution in [0.3, 0.4) is 0 Å². The molecule has 0 bridgehead atoms. The van der Waals surface area contributed by atoms with Crippen LogP contribution in [0.5, 0.6) is 0 Å². The summed E-state index contributed by atoms with van der Waals surface area (Å²) in [5, 5.41) is 2.88. The second-order valence-electron chi connectivity index (χ2n) is 9.61. The molecule has 0 atom stereocenters. The molecule has 1 aliphatic carbocycles. The number of sulfonamides is 1. The van der Waals surface area contributed by atoms with Crippen molar-refractivity contribution in [2.75, 3.05) is 6.54 Å². The fourth-order valence-electron chi connectivity index (χ4n) is 5.14. The molecule has 2 aliphatic rings. The average Bonchev–Trinajstić information content (AvgIpc) is 3.46. The first-order chi connectivity index (χ1) is 20.2. The number of nitrogens with zero attached hydrogens (tertiary/aromatic N) is 2. The minimum absolute atomic E-state index is 0.0150. The van der Waals surface area contributed by atoms with Gasteiger partial charge in [-0.3, -0.25) is 9.59 Å². The molecule has 9 nitrogen and oxygen atoms in total. The number of hydrogen-bond acceptors (Lipinski definition) is 6. The van der Waals surface area contributed by atoms with Crippen molar-refractivity contribution in [1.29, 1.82) is 0 Å². The largest absolute Gasteiger partial charge is 0.472 e. The molecule has 0 fully saturated rings. The number of hydrogen-bond donors (Lipinski definition) is 2. The maximum absolute atomic E-state index is 13.6. The molecule has 5 rings (SSSR count). The van der Waals surface area contributed by atoms with Crippen LogP contribution in [0, 0.1) is 6.92 Å². The Morgan fingerprint density at radius 1 is 0.952 bits per heavy atom. The zero-order valence-corrected chi connectivity index (χ0v) is 25.7. The quantitative estimate of drug-likeness (QED) is 0.208. The van der Waals surface area contributed by atoms with E-state index in [0.29, 0.717) is 40.0 Å². The number of carbonyl (C=O) groups is 2. The summed E-state index contributed by atoms with van der Waals surface area (Å²) in [5.74, 6) is -0.247. The summed E-state index contributed by atoms with van der Waals surface area (Å²) in [5.41, 5.74) is 4.90. The Morgan fingerprint density at radius 3 is 2.38 bits per heavy atom. The van der Waals surface area contributed by atoms with Gasteiger partial charge >= 0.3 is 0 Å². The van der Waals surface area contributed by atoms with Crippen LogP contribution in [0.15, 0.2) is 87.0 Å². The van der Waals surface area contributed by atoms with Crippen molar-refractivity contribution in [3.63, 3.8) is 0 Å². The number of rotatable bonds is 9. The van der Waals surface area contributed by atoms with Crippen LogP contribution in [0.1, 0.15) is 51.8 Å². The monoisotopic (exact) mass is 648 g/mol. The summed E-state index contributed by atoms with van der Waals surface area (Å²) in [6, 6.07) is 16.4. The fourth-order valence-corrected chi connectivity index (χ4v) is 6.89. The number of amides is 2. The normalized spacial score (nSPS) is 11.5. The number of aromatic nitrogens is 2. The Bertz CT molecular complexity index is 1860. The van der Waals surface area contributed by atoms with Crippen molar-refractivity contribution >= 4 is 37.8 Å². The van der Waals surface area contributed by atoms with Crippen LogP contribution in [-0.4, -0.2) is 36.3 Å². The predicted octanol–water partition coefficient (Wildman–Crippen LogP) is 5.80. The molecule has 2 N–H and O–H groups in total. The van der Waals surface area contributed by atoms with E-state index in [9.17, 15) is 18.0 Å². The molecular formula is C31H29BrN4O5S. The van der Waals surface area contributed by atoms with Crippen molar-refractivity contribution in [3.05, 3.63) is 106 Å². The van der Waals surface area contributed by atoms with Crippen molar-refractivity contribution in [3.8, 4) is 22.3 Å². The van der Waals surface area contributed by atoms with Gasteiger partial charge in [0.2, 0.25) is 0 Å². The second kappa shape index (κ2) is 11.9. The third-order valence-corrected chi connectivity index (χ3v) is 9.17. The van der Waals surface area contributed by atoms with Crippen molar-refractivity contribution < 1.29 is 22.4 Å². The Labute approximate surface area is 252 Å². The first kappa shape index (κ1) is 29.3. The third kappa shape index (κ3) is 5.37. The summed E-state index contributed by atoms with van der Waals surface area (Å²) < 4.78 is 36.3. The summed E-state index contributed by atoms with van der Waals surface area (Å²) in [6.45, 7) is 6.39. The molecular weight excluding hydrogens is 620 g/mol. The summed E-state index contributed by atoms with van der Waals surface area (Å²) >= 11 is 3.73. The lowest BCUT2D eigenvalue weighted by molar-refractivity contribution is 0.0944. The Hall–Kier alpha value is -4.22. The average molecular weight is 650 g/mol. The van der Waals surface area contributed by atoms with Gasteiger partial charge in [-0.15, -0.1) is 0 Å². The van der Waals surface area contributed by atoms with E-state index in [4.69, 9.17) is 4.42 Å². The lowest BCUT2D eigenvalue weighted by atomic mass is 9.97. The number of aryl methyl sites for hydroxylation is 2.